The zero-order valence-electron chi connectivity index (χ0n) is 12.8. The van der Waals surface area contributed by atoms with Gasteiger partial charge in [0.25, 0.3) is 5.91 Å². The number of hydrogen-bond donors (Lipinski definition) is 1. The van der Waals surface area contributed by atoms with Crippen molar-refractivity contribution < 1.29 is 14.4 Å². The molecule has 1 aliphatic rings. The maximum atomic E-state index is 12.6. The smallest absolute Gasteiger partial charge is 0.276 e. The van der Waals surface area contributed by atoms with Gasteiger partial charge in [0.1, 0.15) is 0 Å². The van der Waals surface area contributed by atoms with E-state index in [1.807, 2.05) is 30.3 Å². The molecule has 116 valence electrons. The highest BCUT2D eigenvalue weighted by Crippen LogP contribution is 2.29. The number of nitrogens with zero attached hydrogens (tertiary/aromatic N) is 2. The van der Waals surface area contributed by atoms with Crippen molar-refractivity contribution in [1.82, 2.24) is 10.1 Å². The van der Waals surface area contributed by atoms with Gasteiger partial charge in [0, 0.05) is 18.2 Å². The Morgan fingerprint density at radius 2 is 2.09 bits per heavy atom. The summed E-state index contributed by atoms with van der Waals surface area (Å²) in [4.78, 5) is 14.3. The highest BCUT2D eigenvalue weighted by atomic mass is 16.5. The second kappa shape index (κ2) is 5.57. The molecule has 1 fully saturated rings. The van der Waals surface area contributed by atoms with E-state index >= 15 is 0 Å². The van der Waals surface area contributed by atoms with Gasteiger partial charge in [-0.15, -0.1) is 0 Å². The van der Waals surface area contributed by atoms with Crippen LogP contribution in [-0.2, 0) is 0 Å². The monoisotopic (exact) mass is 300 g/mol. The van der Waals surface area contributed by atoms with Crippen molar-refractivity contribution in [3.8, 4) is 11.3 Å². The van der Waals surface area contributed by atoms with Gasteiger partial charge in [0.05, 0.1) is 11.6 Å². The predicted octanol–water partition coefficient (Wildman–Crippen LogP) is 2.72. The van der Waals surface area contributed by atoms with Gasteiger partial charge < -0.3 is 14.5 Å². The van der Waals surface area contributed by atoms with E-state index < -0.39 is 5.60 Å². The minimum Gasteiger partial charge on any atom is -0.388 e. The molecule has 1 aromatic carbocycles. The molecule has 0 radical (unpaired) electrons. The lowest BCUT2D eigenvalue weighted by Crippen LogP contribution is -2.48. The molecule has 1 aromatic heterocycles. The van der Waals surface area contributed by atoms with Gasteiger partial charge in [-0.05, 0) is 26.7 Å². The molecule has 3 rings (SSSR count). The van der Waals surface area contributed by atoms with Crippen LogP contribution in [0.1, 0.15) is 37.2 Å². The molecule has 1 unspecified atom stereocenters. The highest BCUT2D eigenvalue weighted by Gasteiger charge is 2.39. The van der Waals surface area contributed by atoms with Crippen molar-refractivity contribution in [2.45, 2.75) is 38.3 Å². The molecule has 0 bridgehead atoms. The third-order valence-corrected chi connectivity index (χ3v) is 4.12. The van der Waals surface area contributed by atoms with E-state index in [2.05, 4.69) is 5.16 Å². The molecule has 1 atom stereocenters. The Bertz CT molecular complexity index is 658. The SMILES string of the molecule is CC(C)(O)C1CCCN1C(=O)c1cc(-c2ccccc2)on1. The second-order valence-electron chi connectivity index (χ2n) is 6.25. The first-order valence-electron chi connectivity index (χ1n) is 7.52. The summed E-state index contributed by atoms with van der Waals surface area (Å²) in [7, 11) is 0. The van der Waals surface area contributed by atoms with Crippen LogP contribution in [0.4, 0.5) is 0 Å². The Morgan fingerprint density at radius 3 is 2.77 bits per heavy atom. The first-order chi connectivity index (χ1) is 10.5. The fourth-order valence-corrected chi connectivity index (χ4v) is 3.01. The minimum atomic E-state index is -0.918. The zero-order valence-corrected chi connectivity index (χ0v) is 12.8. The van der Waals surface area contributed by atoms with Crippen molar-refractivity contribution in [1.29, 1.82) is 0 Å². The molecule has 22 heavy (non-hydrogen) atoms. The van der Waals surface area contributed by atoms with Crippen LogP contribution in [0, 0.1) is 0 Å². The Morgan fingerprint density at radius 1 is 1.36 bits per heavy atom. The summed E-state index contributed by atoms with van der Waals surface area (Å²) in [5.74, 6) is 0.388. The van der Waals surface area contributed by atoms with E-state index in [9.17, 15) is 9.90 Å². The summed E-state index contributed by atoms with van der Waals surface area (Å²) in [6, 6.07) is 11.0. The fraction of sp³-hybridized carbons (Fsp3) is 0.412. The van der Waals surface area contributed by atoms with Crippen molar-refractivity contribution in [3.63, 3.8) is 0 Å². The van der Waals surface area contributed by atoms with Crippen molar-refractivity contribution in [3.05, 3.63) is 42.1 Å². The van der Waals surface area contributed by atoms with Crippen molar-refractivity contribution in [2.24, 2.45) is 0 Å². The van der Waals surface area contributed by atoms with E-state index in [4.69, 9.17) is 4.52 Å². The molecule has 0 spiro atoms. The highest BCUT2D eigenvalue weighted by molar-refractivity contribution is 5.93. The average molecular weight is 300 g/mol. The maximum absolute atomic E-state index is 12.6. The summed E-state index contributed by atoms with van der Waals surface area (Å²) in [6.07, 6.45) is 1.70. The molecule has 2 aromatic rings. The number of carbonyl (C=O) groups is 1. The topological polar surface area (TPSA) is 66.6 Å². The van der Waals surface area contributed by atoms with Crippen LogP contribution in [0.25, 0.3) is 11.3 Å². The zero-order chi connectivity index (χ0) is 15.7. The summed E-state index contributed by atoms with van der Waals surface area (Å²) in [5, 5.41) is 14.1. The number of aliphatic hydroxyl groups is 1. The lowest BCUT2D eigenvalue weighted by molar-refractivity contribution is -0.0000242. The number of carbonyl (C=O) groups excluding carboxylic acids is 1. The summed E-state index contributed by atoms with van der Waals surface area (Å²) in [6.45, 7) is 4.12. The third kappa shape index (κ3) is 2.76. The number of hydrogen-bond acceptors (Lipinski definition) is 4. The predicted molar refractivity (Wildman–Crippen MR) is 82.3 cm³/mol. The first-order valence-corrected chi connectivity index (χ1v) is 7.52. The molecule has 1 amide bonds. The van der Waals surface area contributed by atoms with E-state index in [0.29, 0.717) is 12.3 Å². The summed E-state index contributed by atoms with van der Waals surface area (Å²) < 4.78 is 5.29. The molecule has 1 aliphatic heterocycles. The van der Waals surface area contributed by atoms with Crippen LogP contribution in [0.3, 0.4) is 0 Å². The summed E-state index contributed by atoms with van der Waals surface area (Å²) in [5.41, 5.74) is 0.252. The van der Waals surface area contributed by atoms with Crippen LogP contribution >= 0.6 is 0 Å². The van der Waals surface area contributed by atoms with Crippen LogP contribution in [0.15, 0.2) is 40.9 Å². The maximum Gasteiger partial charge on any atom is 0.276 e. The van der Waals surface area contributed by atoms with E-state index in [0.717, 1.165) is 18.4 Å². The van der Waals surface area contributed by atoms with E-state index in [1.165, 1.54) is 0 Å². The van der Waals surface area contributed by atoms with Gasteiger partial charge in [-0.1, -0.05) is 35.5 Å². The summed E-state index contributed by atoms with van der Waals surface area (Å²) >= 11 is 0. The van der Waals surface area contributed by atoms with Gasteiger partial charge in [0.2, 0.25) is 0 Å². The minimum absolute atomic E-state index is 0.183. The van der Waals surface area contributed by atoms with Crippen molar-refractivity contribution in [2.75, 3.05) is 6.54 Å². The fourth-order valence-electron chi connectivity index (χ4n) is 3.01. The van der Waals surface area contributed by atoms with Gasteiger partial charge in [-0.3, -0.25) is 4.79 Å². The Hall–Kier alpha value is -2.14. The van der Waals surface area contributed by atoms with Gasteiger partial charge in [-0.25, -0.2) is 0 Å². The molecule has 5 heteroatoms. The molecule has 1 saturated heterocycles. The average Bonchev–Trinajstić information content (AvgIpc) is 3.16. The van der Waals surface area contributed by atoms with E-state index in [1.54, 1.807) is 24.8 Å². The van der Waals surface area contributed by atoms with Gasteiger partial charge >= 0.3 is 0 Å². The largest absolute Gasteiger partial charge is 0.388 e. The molecule has 0 aliphatic carbocycles. The molecular formula is C17H20N2O3. The number of benzene rings is 1. The van der Waals surface area contributed by atoms with Crippen LogP contribution in [-0.4, -0.2) is 39.3 Å². The van der Waals surface area contributed by atoms with Gasteiger partial charge in [-0.2, -0.15) is 0 Å². The lowest BCUT2D eigenvalue weighted by atomic mass is 9.96. The quantitative estimate of drug-likeness (QED) is 0.946. The van der Waals surface area contributed by atoms with E-state index in [-0.39, 0.29) is 17.6 Å². The Kier molecular flexibility index (Phi) is 3.74. The molecule has 2 heterocycles. The number of amides is 1. The molecule has 5 nitrogen and oxygen atoms in total. The van der Waals surface area contributed by atoms with Crippen molar-refractivity contribution >= 4 is 5.91 Å². The second-order valence-corrected chi connectivity index (χ2v) is 6.25. The number of rotatable bonds is 3. The molecule has 0 saturated carbocycles. The molecular weight excluding hydrogens is 280 g/mol. The van der Waals surface area contributed by atoms with Crippen LogP contribution in [0.5, 0.6) is 0 Å². The first kappa shape index (κ1) is 14.8. The molecule has 1 N–H and O–H groups in total. The Balaban J connectivity index is 1.83. The number of aromatic nitrogens is 1. The normalized spacial score (nSPS) is 18.7. The van der Waals surface area contributed by atoms with Crippen LogP contribution in [0.2, 0.25) is 0 Å². The lowest BCUT2D eigenvalue weighted by Gasteiger charge is -2.33. The standard InChI is InChI=1S/C17H20N2O3/c1-17(2,21)15-9-6-10-19(15)16(20)13-11-14(22-18-13)12-7-4-3-5-8-12/h3-5,7-8,11,15,21H,6,9-10H2,1-2H3. The number of likely N-dealkylation sites (tertiary alicyclic amines) is 1. The van der Waals surface area contributed by atoms with Gasteiger partial charge in [0.15, 0.2) is 11.5 Å². The van der Waals surface area contributed by atoms with Crippen LogP contribution < -0.4 is 0 Å². The third-order valence-electron chi connectivity index (χ3n) is 4.12. The Labute approximate surface area is 129 Å².